The standard InChI is InChI=1S/C14H19N3O2/c1-14(2,3)19-13(18)17-12(9-16)11-7-5-4-6-10(11)8-15/h4-7,12H,9,16H2,1-3H3,(H,17,18). The third-order valence-electron chi connectivity index (χ3n) is 2.38. The lowest BCUT2D eigenvalue weighted by Gasteiger charge is -2.23. The first-order valence-electron chi connectivity index (χ1n) is 6.06. The first-order valence-corrected chi connectivity index (χ1v) is 6.06. The summed E-state index contributed by atoms with van der Waals surface area (Å²) in [5, 5.41) is 11.7. The molecule has 1 atom stereocenters. The molecule has 1 rings (SSSR count). The van der Waals surface area contributed by atoms with E-state index >= 15 is 0 Å². The lowest BCUT2D eigenvalue weighted by molar-refractivity contribution is 0.0505. The molecular weight excluding hydrogens is 242 g/mol. The van der Waals surface area contributed by atoms with Gasteiger partial charge in [0.05, 0.1) is 17.7 Å². The third-order valence-corrected chi connectivity index (χ3v) is 2.38. The molecule has 3 N–H and O–H groups in total. The lowest BCUT2D eigenvalue weighted by Crippen LogP contribution is -2.38. The minimum Gasteiger partial charge on any atom is -0.444 e. The van der Waals surface area contributed by atoms with Crippen molar-refractivity contribution in [2.75, 3.05) is 6.54 Å². The maximum atomic E-state index is 11.7. The Labute approximate surface area is 113 Å². The van der Waals surface area contributed by atoms with Crippen molar-refractivity contribution in [3.63, 3.8) is 0 Å². The zero-order chi connectivity index (χ0) is 14.5. The Bertz CT molecular complexity index is 486. The predicted molar refractivity (Wildman–Crippen MR) is 72.3 cm³/mol. The van der Waals surface area contributed by atoms with E-state index in [9.17, 15) is 4.79 Å². The van der Waals surface area contributed by atoms with E-state index in [4.69, 9.17) is 15.7 Å². The highest BCUT2D eigenvalue weighted by Crippen LogP contribution is 2.17. The first kappa shape index (κ1) is 15.0. The van der Waals surface area contributed by atoms with Gasteiger partial charge in [-0.05, 0) is 32.4 Å². The van der Waals surface area contributed by atoms with Crippen molar-refractivity contribution in [1.29, 1.82) is 5.26 Å². The van der Waals surface area contributed by atoms with E-state index in [1.54, 1.807) is 45.0 Å². The van der Waals surface area contributed by atoms with Crippen LogP contribution in [0.2, 0.25) is 0 Å². The molecule has 1 aromatic carbocycles. The fraction of sp³-hybridized carbons (Fsp3) is 0.429. The Morgan fingerprint density at radius 3 is 2.63 bits per heavy atom. The molecule has 5 nitrogen and oxygen atoms in total. The van der Waals surface area contributed by atoms with Crippen LogP contribution in [0.1, 0.15) is 37.9 Å². The minimum absolute atomic E-state index is 0.192. The number of hydrogen-bond donors (Lipinski definition) is 2. The van der Waals surface area contributed by atoms with Crippen LogP contribution in [0, 0.1) is 11.3 Å². The topological polar surface area (TPSA) is 88.1 Å². The summed E-state index contributed by atoms with van der Waals surface area (Å²) in [5.74, 6) is 0. The monoisotopic (exact) mass is 261 g/mol. The molecule has 0 aromatic heterocycles. The van der Waals surface area contributed by atoms with Crippen molar-refractivity contribution in [2.45, 2.75) is 32.4 Å². The van der Waals surface area contributed by atoms with E-state index in [0.717, 1.165) is 0 Å². The molecule has 5 heteroatoms. The number of benzene rings is 1. The van der Waals surface area contributed by atoms with Gasteiger partial charge in [-0.15, -0.1) is 0 Å². The summed E-state index contributed by atoms with van der Waals surface area (Å²) in [6.45, 7) is 5.55. The Morgan fingerprint density at radius 1 is 1.47 bits per heavy atom. The molecule has 1 amide bonds. The molecule has 0 aliphatic carbocycles. The predicted octanol–water partition coefficient (Wildman–Crippen LogP) is 2.08. The van der Waals surface area contributed by atoms with Crippen molar-refractivity contribution < 1.29 is 9.53 Å². The van der Waals surface area contributed by atoms with Gasteiger partial charge in [0, 0.05) is 6.54 Å². The van der Waals surface area contributed by atoms with Crippen LogP contribution in [-0.4, -0.2) is 18.2 Å². The van der Waals surface area contributed by atoms with Crippen LogP contribution in [0.3, 0.4) is 0 Å². The van der Waals surface area contributed by atoms with Crippen LogP contribution in [0.25, 0.3) is 0 Å². The van der Waals surface area contributed by atoms with Gasteiger partial charge in [0.1, 0.15) is 5.60 Å². The SMILES string of the molecule is CC(C)(C)OC(=O)NC(CN)c1ccccc1C#N. The third kappa shape index (κ3) is 4.60. The number of alkyl carbamates (subject to hydrolysis) is 1. The maximum Gasteiger partial charge on any atom is 0.408 e. The van der Waals surface area contributed by atoms with E-state index in [2.05, 4.69) is 11.4 Å². The molecule has 0 aliphatic rings. The average Bonchev–Trinajstić information content (AvgIpc) is 2.33. The van der Waals surface area contributed by atoms with Gasteiger partial charge < -0.3 is 15.8 Å². The van der Waals surface area contributed by atoms with Crippen LogP contribution in [0.5, 0.6) is 0 Å². The Balaban J connectivity index is 2.85. The van der Waals surface area contributed by atoms with Crippen LogP contribution in [-0.2, 0) is 4.74 Å². The molecule has 19 heavy (non-hydrogen) atoms. The summed E-state index contributed by atoms with van der Waals surface area (Å²) in [6, 6.07) is 8.67. The Kier molecular flexibility index (Phi) is 4.90. The molecular formula is C14H19N3O2. The molecule has 0 bridgehead atoms. The molecule has 0 aliphatic heterocycles. The van der Waals surface area contributed by atoms with E-state index < -0.39 is 17.7 Å². The fourth-order valence-corrected chi connectivity index (χ4v) is 1.62. The minimum atomic E-state index is -0.571. The normalized spacial score (nSPS) is 12.4. The number of nitriles is 1. The zero-order valence-corrected chi connectivity index (χ0v) is 11.4. The molecule has 0 heterocycles. The fourth-order valence-electron chi connectivity index (χ4n) is 1.62. The highest BCUT2D eigenvalue weighted by atomic mass is 16.6. The van der Waals surface area contributed by atoms with Gasteiger partial charge in [0.2, 0.25) is 0 Å². The molecule has 102 valence electrons. The molecule has 0 radical (unpaired) electrons. The number of hydrogen-bond acceptors (Lipinski definition) is 4. The smallest absolute Gasteiger partial charge is 0.408 e. The van der Waals surface area contributed by atoms with Gasteiger partial charge in [-0.25, -0.2) is 4.79 Å². The summed E-state index contributed by atoms with van der Waals surface area (Å²) >= 11 is 0. The number of ether oxygens (including phenoxy) is 1. The quantitative estimate of drug-likeness (QED) is 0.872. The van der Waals surface area contributed by atoms with Crippen LogP contribution in [0.4, 0.5) is 4.79 Å². The highest BCUT2D eigenvalue weighted by Gasteiger charge is 2.21. The van der Waals surface area contributed by atoms with Crippen LogP contribution >= 0.6 is 0 Å². The number of nitrogens with two attached hydrogens (primary N) is 1. The van der Waals surface area contributed by atoms with Gasteiger partial charge >= 0.3 is 6.09 Å². The second kappa shape index (κ2) is 6.21. The molecule has 0 saturated carbocycles. The van der Waals surface area contributed by atoms with Crippen molar-refractivity contribution in [2.24, 2.45) is 5.73 Å². The van der Waals surface area contributed by atoms with Crippen molar-refractivity contribution in [1.82, 2.24) is 5.32 Å². The van der Waals surface area contributed by atoms with E-state index in [1.165, 1.54) is 0 Å². The van der Waals surface area contributed by atoms with Crippen molar-refractivity contribution in [3.05, 3.63) is 35.4 Å². The maximum absolute atomic E-state index is 11.7. The number of nitrogens with one attached hydrogen (secondary N) is 1. The van der Waals surface area contributed by atoms with Crippen LogP contribution in [0.15, 0.2) is 24.3 Å². The summed E-state index contributed by atoms with van der Waals surface area (Å²) in [4.78, 5) is 11.7. The van der Waals surface area contributed by atoms with Gasteiger partial charge in [0.15, 0.2) is 0 Å². The lowest BCUT2D eigenvalue weighted by atomic mass is 10.0. The highest BCUT2D eigenvalue weighted by molar-refractivity contribution is 5.68. The second-order valence-corrected chi connectivity index (χ2v) is 5.13. The number of carbonyl (C=O) groups excluding carboxylic acids is 1. The number of amides is 1. The van der Waals surface area contributed by atoms with E-state index in [-0.39, 0.29) is 6.54 Å². The molecule has 0 saturated heterocycles. The zero-order valence-electron chi connectivity index (χ0n) is 11.4. The molecule has 0 spiro atoms. The summed E-state index contributed by atoms with van der Waals surface area (Å²) < 4.78 is 5.18. The van der Waals surface area contributed by atoms with E-state index in [1.807, 2.05) is 0 Å². The largest absolute Gasteiger partial charge is 0.444 e. The Hall–Kier alpha value is -2.06. The van der Waals surface area contributed by atoms with Crippen LogP contribution < -0.4 is 11.1 Å². The summed E-state index contributed by atoms with van der Waals surface area (Å²) in [5.41, 5.74) is 6.28. The van der Waals surface area contributed by atoms with Crippen molar-refractivity contribution >= 4 is 6.09 Å². The Morgan fingerprint density at radius 2 is 2.11 bits per heavy atom. The number of nitrogens with zero attached hydrogens (tertiary/aromatic N) is 1. The summed E-state index contributed by atoms with van der Waals surface area (Å²) in [6.07, 6.45) is -0.546. The molecule has 1 aromatic rings. The average molecular weight is 261 g/mol. The van der Waals surface area contributed by atoms with Gasteiger partial charge in [-0.1, -0.05) is 18.2 Å². The van der Waals surface area contributed by atoms with Gasteiger partial charge in [0.25, 0.3) is 0 Å². The first-order chi connectivity index (χ1) is 8.87. The molecule has 1 unspecified atom stereocenters. The van der Waals surface area contributed by atoms with Gasteiger partial charge in [-0.2, -0.15) is 5.26 Å². The number of carbonyl (C=O) groups is 1. The van der Waals surface area contributed by atoms with Gasteiger partial charge in [-0.3, -0.25) is 0 Å². The number of rotatable bonds is 3. The van der Waals surface area contributed by atoms with E-state index in [0.29, 0.717) is 11.1 Å². The summed E-state index contributed by atoms with van der Waals surface area (Å²) in [7, 11) is 0. The van der Waals surface area contributed by atoms with Crippen molar-refractivity contribution in [3.8, 4) is 6.07 Å². The molecule has 0 fully saturated rings. The second-order valence-electron chi connectivity index (χ2n) is 5.13.